The van der Waals surface area contributed by atoms with Crippen LogP contribution in [-0.2, 0) is 15.9 Å². The van der Waals surface area contributed by atoms with Gasteiger partial charge in [-0.1, -0.05) is 31.9 Å². The van der Waals surface area contributed by atoms with E-state index in [1.54, 1.807) is 25.7 Å². The number of carbonyl (C=O) groups is 2. The molecule has 0 bridgehead atoms. The third-order valence-electron chi connectivity index (χ3n) is 8.00. The summed E-state index contributed by atoms with van der Waals surface area (Å²) >= 11 is 0. The van der Waals surface area contributed by atoms with Crippen LogP contribution >= 0.6 is 0 Å². The second-order valence-corrected chi connectivity index (χ2v) is 13.7. The maximum Gasteiger partial charge on any atom is 0.419 e. The predicted octanol–water partition coefficient (Wildman–Crippen LogP) is 8.35. The van der Waals surface area contributed by atoms with Crippen LogP contribution in [0.15, 0.2) is 36.4 Å². The summed E-state index contributed by atoms with van der Waals surface area (Å²) in [7, 11) is 0. The fourth-order valence-corrected chi connectivity index (χ4v) is 6.10. The summed E-state index contributed by atoms with van der Waals surface area (Å²) in [4.78, 5) is 32.0. The number of fused-ring (bicyclic) bond motifs is 3. The number of rotatable bonds is 5. The van der Waals surface area contributed by atoms with Crippen LogP contribution in [0.2, 0.25) is 0 Å². The summed E-state index contributed by atoms with van der Waals surface area (Å²) in [6.45, 7) is 14.7. The van der Waals surface area contributed by atoms with Crippen molar-refractivity contribution in [3.63, 3.8) is 0 Å². The average molecular weight is 596 g/mol. The van der Waals surface area contributed by atoms with Crippen LogP contribution in [0.5, 0.6) is 0 Å². The molecule has 0 saturated carbocycles. The second kappa shape index (κ2) is 11.5. The largest absolute Gasteiger partial charge is 0.444 e. The molecule has 7 nitrogen and oxygen atoms in total. The monoisotopic (exact) mass is 595 g/mol. The van der Waals surface area contributed by atoms with Gasteiger partial charge >= 0.3 is 12.2 Å². The number of ether oxygens (including phenoxy) is 2. The molecule has 1 saturated heterocycles. The van der Waals surface area contributed by atoms with E-state index in [1.807, 2.05) is 45.0 Å². The van der Waals surface area contributed by atoms with E-state index in [9.17, 15) is 14.0 Å². The van der Waals surface area contributed by atoms with Crippen LogP contribution in [0.4, 0.5) is 24.1 Å². The van der Waals surface area contributed by atoms with Crippen molar-refractivity contribution in [3.8, 4) is 0 Å². The number of halogens is 2. The SMILES string of the molecule is CCCC[C@H]1Cc2c(n(C(=O)OC(C)(C)C)c3c(F)cc(F)cc23)[C@H](c2ccc(N3CCC3)cc2)N1C(=O)OC(C)(C)C. The van der Waals surface area contributed by atoms with Gasteiger partial charge in [0.1, 0.15) is 23.1 Å². The molecule has 43 heavy (non-hydrogen) atoms. The Balaban J connectivity index is 1.80. The van der Waals surface area contributed by atoms with Gasteiger partial charge in [-0.25, -0.2) is 22.9 Å². The predicted molar refractivity (Wildman–Crippen MR) is 164 cm³/mol. The van der Waals surface area contributed by atoms with Crippen molar-refractivity contribution in [2.24, 2.45) is 0 Å². The van der Waals surface area contributed by atoms with Gasteiger partial charge in [-0.15, -0.1) is 0 Å². The molecule has 0 aliphatic carbocycles. The Bertz CT molecular complexity index is 1510. The van der Waals surface area contributed by atoms with Gasteiger partial charge in [0.05, 0.1) is 11.2 Å². The minimum absolute atomic E-state index is 0.0527. The molecule has 1 amide bonds. The number of benzene rings is 2. The zero-order valence-electron chi connectivity index (χ0n) is 26.3. The molecular weight excluding hydrogens is 552 g/mol. The quantitative estimate of drug-likeness (QED) is 0.297. The van der Waals surface area contributed by atoms with Crippen molar-refractivity contribution < 1.29 is 27.8 Å². The van der Waals surface area contributed by atoms with Gasteiger partial charge in [0.2, 0.25) is 0 Å². The number of aromatic nitrogens is 1. The lowest BCUT2D eigenvalue weighted by Gasteiger charge is -2.43. The van der Waals surface area contributed by atoms with Crippen LogP contribution < -0.4 is 4.90 Å². The summed E-state index contributed by atoms with van der Waals surface area (Å²) < 4.78 is 43.4. The summed E-state index contributed by atoms with van der Waals surface area (Å²) in [5.41, 5.74) is 1.13. The molecule has 0 unspecified atom stereocenters. The van der Waals surface area contributed by atoms with Crippen molar-refractivity contribution in [1.29, 1.82) is 0 Å². The number of carbonyl (C=O) groups excluding carboxylic acids is 2. The smallest absolute Gasteiger partial charge is 0.419 e. The number of amides is 1. The first-order valence-electron chi connectivity index (χ1n) is 15.3. The molecule has 1 aromatic heterocycles. The van der Waals surface area contributed by atoms with Gasteiger partial charge in [-0.05, 0) is 90.1 Å². The molecule has 1 fully saturated rings. The third kappa shape index (κ3) is 6.22. The maximum atomic E-state index is 15.7. The highest BCUT2D eigenvalue weighted by Crippen LogP contribution is 2.46. The highest BCUT2D eigenvalue weighted by molar-refractivity contribution is 5.95. The summed E-state index contributed by atoms with van der Waals surface area (Å²) in [6, 6.07) is 8.86. The second-order valence-electron chi connectivity index (χ2n) is 13.7. The zero-order valence-corrected chi connectivity index (χ0v) is 26.3. The Labute approximate surface area is 252 Å². The molecule has 3 heterocycles. The van der Waals surface area contributed by atoms with Gasteiger partial charge in [-0.2, -0.15) is 0 Å². The number of hydrogen-bond donors (Lipinski definition) is 0. The van der Waals surface area contributed by atoms with E-state index in [2.05, 4.69) is 11.8 Å². The molecule has 2 aliphatic rings. The van der Waals surface area contributed by atoms with Crippen molar-refractivity contribution in [2.45, 2.75) is 104 Å². The molecule has 0 N–H and O–H groups in total. The zero-order chi connectivity index (χ0) is 31.3. The molecule has 2 aromatic carbocycles. The van der Waals surface area contributed by atoms with Crippen molar-refractivity contribution in [2.75, 3.05) is 18.0 Å². The van der Waals surface area contributed by atoms with Crippen LogP contribution in [-0.4, -0.2) is 52.0 Å². The maximum absolute atomic E-state index is 15.7. The van der Waals surface area contributed by atoms with Crippen molar-refractivity contribution >= 4 is 28.8 Å². The Morgan fingerprint density at radius 3 is 2.12 bits per heavy atom. The van der Waals surface area contributed by atoms with Gasteiger partial charge in [0, 0.05) is 36.3 Å². The summed E-state index contributed by atoms with van der Waals surface area (Å²) in [5, 5.41) is 0.311. The molecule has 5 rings (SSSR count). The Kier molecular flexibility index (Phi) is 8.22. The number of hydrogen-bond acceptors (Lipinski definition) is 5. The normalized spacial score (nSPS) is 18.8. The van der Waals surface area contributed by atoms with Crippen molar-refractivity contribution in [3.05, 3.63) is 64.9 Å². The minimum Gasteiger partial charge on any atom is -0.444 e. The molecule has 0 radical (unpaired) electrons. The molecule has 0 spiro atoms. The lowest BCUT2D eigenvalue weighted by Crippen LogP contribution is -2.50. The van der Waals surface area contributed by atoms with E-state index >= 15 is 4.39 Å². The van der Waals surface area contributed by atoms with Crippen LogP contribution in [0, 0.1) is 11.6 Å². The molecule has 3 aromatic rings. The van der Waals surface area contributed by atoms with Gasteiger partial charge < -0.3 is 14.4 Å². The first-order chi connectivity index (χ1) is 20.2. The Morgan fingerprint density at radius 1 is 0.930 bits per heavy atom. The Morgan fingerprint density at radius 2 is 1.56 bits per heavy atom. The summed E-state index contributed by atoms with van der Waals surface area (Å²) in [5.74, 6) is -1.60. The third-order valence-corrected chi connectivity index (χ3v) is 8.00. The highest BCUT2D eigenvalue weighted by atomic mass is 19.1. The van der Waals surface area contributed by atoms with E-state index in [1.165, 1.54) is 10.6 Å². The van der Waals surface area contributed by atoms with Gasteiger partial charge in [0.25, 0.3) is 0 Å². The number of unbranched alkanes of at least 4 members (excludes halogenated alkanes) is 1. The first-order valence-corrected chi connectivity index (χ1v) is 15.3. The fraction of sp³-hybridized carbons (Fsp3) is 0.529. The number of anilines is 1. The fourth-order valence-electron chi connectivity index (χ4n) is 6.10. The Hall–Kier alpha value is -3.62. The van der Waals surface area contributed by atoms with E-state index in [4.69, 9.17) is 9.47 Å². The average Bonchev–Trinajstić information content (AvgIpc) is 3.18. The van der Waals surface area contributed by atoms with Gasteiger partial charge in [0.15, 0.2) is 5.82 Å². The molecule has 2 aliphatic heterocycles. The molecule has 9 heteroatoms. The van der Waals surface area contributed by atoms with E-state index in [0.29, 0.717) is 29.5 Å². The highest BCUT2D eigenvalue weighted by Gasteiger charge is 2.45. The van der Waals surface area contributed by atoms with Crippen LogP contribution in [0.25, 0.3) is 10.9 Å². The minimum atomic E-state index is -0.880. The first kappa shape index (κ1) is 30.8. The lowest BCUT2D eigenvalue weighted by molar-refractivity contribution is 0.00326. The van der Waals surface area contributed by atoms with E-state index < -0.39 is 41.1 Å². The number of nitrogens with zero attached hydrogens (tertiary/aromatic N) is 3. The topological polar surface area (TPSA) is 64.0 Å². The van der Waals surface area contributed by atoms with E-state index in [-0.39, 0.29) is 11.6 Å². The standard InChI is InChI=1S/C34H43F2N3O4/c1-8-9-11-24-20-26-25-18-22(35)19-27(36)29(25)39(32(41)43-34(5,6)7)30(26)28(38(24)31(40)42-33(2,3)4)21-12-14-23(15-13-21)37-16-10-17-37/h12-15,18-19,24,28H,8-11,16-17,20H2,1-7H3/t24-,28-/m0/s1. The van der Waals surface area contributed by atoms with Crippen LogP contribution in [0.3, 0.4) is 0 Å². The van der Waals surface area contributed by atoms with Crippen molar-refractivity contribution in [1.82, 2.24) is 9.47 Å². The molecule has 232 valence electrons. The molecule has 2 atom stereocenters. The van der Waals surface area contributed by atoms with Crippen LogP contribution in [0.1, 0.15) is 97.0 Å². The van der Waals surface area contributed by atoms with E-state index in [0.717, 1.165) is 49.7 Å². The molecular formula is C34H43F2N3O4. The summed E-state index contributed by atoms with van der Waals surface area (Å²) in [6.07, 6.45) is 2.54. The van der Waals surface area contributed by atoms with Gasteiger partial charge in [-0.3, -0.25) is 4.90 Å². The lowest BCUT2D eigenvalue weighted by atomic mass is 9.86.